The van der Waals surface area contributed by atoms with Crippen LogP contribution in [0.4, 0.5) is 32.0 Å². The van der Waals surface area contributed by atoms with Gasteiger partial charge in [-0.25, -0.2) is 0 Å². The second kappa shape index (κ2) is 4.68. The molecule has 0 aliphatic heterocycles. The van der Waals surface area contributed by atoms with Gasteiger partial charge in [-0.1, -0.05) is 6.07 Å². The fraction of sp³-hybridized carbons (Fsp3) is 0.333. The van der Waals surface area contributed by atoms with Crippen molar-refractivity contribution in [2.75, 3.05) is 0 Å². The third kappa shape index (κ3) is 3.34. The molecule has 1 aromatic rings. The summed E-state index contributed by atoms with van der Waals surface area (Å²) in [5, 5.41) is 10.4. The Morgan fingerprint density at radius 3 is 2.05 bits per heavy atom. The van der Waals surface area contributed by atoms with Gasteiger partial charge in [0.05, 0.1) is 4.92 Å². The van der Waals surface area contributed by atoms with Crippen molar-refractivity contribution >= 4 is 5.69 Å². The molecule has 0 spiro atoms. The Kier molecular flexibility index (Phi) is 3.75. The molecule has 0 radical (unpaired) electrons. The van der Waals surface area contributed by atoms with Crippen molar-refractivity contribution in [3.8, 4) is 0 Å². The molecule has 0 amide bonds. The van der Waals surface area contributed by atoms with Crippen LogP contribution in [-0.2, 0) is 6.18 Å². The number of nitro benzene ring substituents is 1. The Labute approximate surface area is 102 Å². The van der Waals surface area contributed by atoms with Gasteiger partial charge in [-0.3, -0.25) is 10.1 Å². The number of halogens is 6. The van der Waals surface area contributed by atoms with Gasteiger partial charge in [0.1, 0.15) is 11.6 Å². The molecule has 1 atom stereocenters. The van der Waals surface area contributed by atoms with Crippen LogP contribution in [0.2, 0.25) is 0 Å². The van der Waals surface area contributed by atoms with Crippen molar-refractivity contribution in [1.82, 2.24) is 0 Å². The highest BCUT2D eigenvalue weighted by Gasteiger charge is 2.42. The first kappa shape index (κ1) is 15.2. The van der Waals surface area contributed by atoms with Crippen LogP contribution in [0.3, 0.4) is 0 Å². The Bertz CT molecular complexity index is 496. The van der Waals surface area contributed by atoms with E-state index in [9.17, 15) is 36.5 Å². The number of nitro groups is 1. The maximum atomic E-state index is 12.5. The molecule has 4 nitrogen and oxygen atoms in total. The quantitative estimate of drug-likeness (QED) is 0.516. The van der Waals surface area contributed by atoms with E-state index in [1.54, 1.807) is 0 Å². The molecule has 0 aliphatic rings. The molecule has 2 N–H and O–H groups in total. The van der Waals surface area contributed by atoms with E-state index >= 15 is 0 Å². The lowest BCUT2D eigenvalue weighted by atomic mass is 10.0. The minimum atomic E-state index is -5.15. The van der Waals surface area contributed by atoms with Gasteiger partial charge < -0.3 is 5.73 Å². The highest BCUT2D eigenvalue weighted by molar-refractivity contribution is 5.45. The predicted molar refractivity (Wildman–Crippen MR) is 51.1 cm³/mol. The minimum absolute atomic E-state index is 0.0380. The third-order valence-corrected chi connectivity index (χ3v) is 2.23. The van der Waals surface area contributed by atoms with Crippen molar-refractivity contribution in [3.63, 3.8) is 0 Å². The van der Waals surface area contributed by atoms with Gasteiger partial charge in [-0.05, 0) is 11.6 Å². The number of nitrogens with zero attached hydrogens (tertiary/aromatic N) is 1. The van der Waals surface area contributed by atoms with Gasteiger partial charge in [0.25, 0.3) is 5.69 Å². The van der Waals surface area contributed by atoms with E-state index in [2.05, 4.69) is 0 Å². The largest absolute Gasteiger partial charge is 0.423 e. The van der Waals surface area contributed by atoms with Gasteiger partial charge in [0, 0.05) is 6.07 Å². The molecule has 0 heterocycles. The molecule has 1 aromatic carbocycles. The van der Waals surface area contributed by atoms with Crippen LogP contribution in [0.25, 0.3) is 0 Å². The smallest absolute Gasteiger partial charge is 0.316 e. The lowest BCUT2D eigenvalue weighted by Gasteiger charge is -2.17. The predicted octanol–water partition coefficient (Wildman–Crippen LogP) is 3.18. The molecular weight excluding hydrogens is 282 g/mol. The Hall–Kier alpha value is -1.84. The van der Waals surface area contributed by atoms with Crippen molar-refractivity contribution in [3.05, 3.63) is 39.4 Å². The van der Waals surface area contributed by atoms with E-state index in [1.165, 1.54) is 0 Å². The third-order valence-electron chi connectivity index (χ3n) is 2.23. The molecule has 1 rings (SSSR count). The maximum Gasteiger partial charge on any atom is 0.423 e. The normalized spacial score (nSPS) is 14.3. The van der Waals surface area contributed by atoms with E-state index in [0.29, 0.717) is 12.1 Å². The molecule has 0 saturated heterocycles. The fourth-order valence-corrected chi connectivity index (χ4v) is 1.32. The zero-order valence-electron chi connectivity index (χ0n) is 8.92. The molecule has 106 valence electrons. The van der Waals surface area contributed by atoms with Crippen molar-refractivity contribution in [2.24, 2.45) is 5.73 Å². The molecular formula is C9H6F6N2O2. The Morgan fingerprint density at radius 2 is 1.68 bits per heavy atom. The summed E-state index contributed by atoms with van der Waals surface area (Å²) in [5.74, 6) is 0. The van der Waals surface area contributed by atoms with Gasteiger partial charge in [-0.2, -0.15) is 26.3 Å². The summed E-state index contributed by atoms with van der Waals surface area (Å²) in [7, 11) is 0. The van der Waals surface area contributed by atoms with Crippen LogP contribution in [0, 0.1) is 10.1 Å². The number of hydrogen-bond acceptors (Lipinski definition) is 3. The van der Waals surface area contributed by atoms with Crippen molar-refractivity contribution in [2.45, 2.75) is 18.4 Å². The van der Waals surface area contributed by atoms with E-state index < -0.39 is 40.1 Å². The summed E-state index contributed by atoms with van der Waals surface area (Å²) in [6.07, 6.45) is -10.1. The Balaban J connectivity index is 3.39. The second-order valence-electron chi connectivity index (χ2n) is 3.55. The number of benzene rings is 1. The lowest BCUT2D eigenvalue weighted by Crippen LogP contribution is -2.28. The molecule has 0 aromatic heterocycles. The topological polar surface area (TPSA) is 69.2 Å². The standard InChI is InChI=1S/C9H6F6N2O2/c10-8(11,12)5-3-4(7(16)9(13,14)15)1-2-6(5)17(18)19/h1-3,7H,16H2/t7-/m0/s1. The summed E-state index contributed by atoms with van der Waals surface area (Å²) in [6.45, 7) is 0. The minimum Gasteiger partial charge on any atom is -0.316 e. The highest BCUT2D eigenvalue weighted by Crippen LogP contribution is 2.39. The van der Waals surface area contributed by atoms with Crippen LogP contribution >= 0.6 is 0 Å². The summed E-state index contributed by atoms with van der Waals surface area (Å²) in [4.78, 5) is 9.07. The summed E-state index contributed by atoms with van der Waals surface area (Å²) in [6, 6.07) is -1.71. The van der Waals surface area contributed by atoms with E-state index in [0.717, 1.165) is 0 Å². The van der Waals surface area contributed by atoms with Crippen LogP contribution < -0.4 is 5.73 Å². The molecule has 0 fully saturated rings. The first-order valence-electron chi connectivity index (χ1n) is 4.62. The average Bonchev–Trinajstić information content (AvgIpc) is 2.24. The van der Waals surface area contributed by atoms with Crippen molar-refractivity contribution in [1.29, 1.82) is 0 Å². The molecule has 0 bridgehead atoms. The molecule has 19 heavy (non-hydrogen) atoms. The van der Waals surface area contributed by atoms with Gasteiger partial charge >= 0.3 is 12.4 Å². The number of nitrogens with two attached hydrogens (primary N) is 1. The van der Waals surface area contributed by atoms with Crippen LogP contribution in [0.5, 0.6) is 0 Å². The SMILES string of the molecule is N[C@@H](c1ccc([N+](=O)[O-])c(C(F)(F)F)c1)C(F)(F)F. The number of hydrogen-bond donors (Lipinski definition) is 1. The van der Waals surface area contributed by atoms with Crippen LogP contribution in [-0.4, -0.2) is 11.1 Å². The molecule has 0 aliphatic carbocycles. The van der Waals surface area contributed by atoms with Gasteiger partial charge in [0.15, 0.2) is 0 Å². The second-order valence-corrected chi connectivity index (χ2v) is 3.55. The number of rotatable bonds is 2. The summed E-state index contributed by atoms with van der Waals surface area (Å²) >= 11 is 0. The number of alkyl halides is 6. The van der Waals surface area contributed by atoms with Gasteiger partial charge in [0.2, 0.25) is 0 Å². The first-order valence-corrected chi connectivity index (χ1v) is 4.62. The van der Waals surface area contributed by atoms with Crippen molar-refractivity contribution < 1.29 is 31.3 Å². The molecule has 0 unspecified atom stereocenters. The highest BCUT2D eigenvalue weighted by atomic mass is 19.4. The van der Waals surface area contributed by atoms with Gasteiger partial charge in [-0.15, -0.1) is 0 Å². The molecule has 10 heteroatoms. The summed E-state index contributed by atoms with van der Waals surface area (Å²) in [5.41, 5.74) is 0.754. The molecule has 0 saturated carbocycles. The van der Waals surface area contributed by atoms with E-state index in [1.807, 2.05) is 0 Å². The zero-order valence-corrected chi connectivity index (χ0v) is 8.92. The average molecular weight is 288 g/mol. The summed E-state index contributed by atoms with van der Waals surface area (Å²) < 4.78 is 74.4. The lowest BCUT2D eigenvalue weighted by molar-refractivity contribution is -0.388. The zero-order chi connectivity index (χ0) is 15.0. The fourth-order valence-electron chi connectivity index (χ4n) is 1.32. The van der Waals surface area contributed by atoms with E-state index in [4.69, 9.17) is 5.73 Å². The first-order chi connectivity index (χ1) is 8.44. The monoisotopic (exact) mass is 288 g/mol. The Morgan fingerprint density at radius 1 is 1.16 bits per heavy atom. The van der Waals surface area contributed by atoms with Crippen LogP contribution in [0.1, 0.15) is 17.2 Å². The van der Waals surface area contributed by atoms with E-state index in [-0.39, 0.29) is 6.07 Å². The maximum absolute atomic E-state index is 12.5. The van der Waals surface area contributed by atoms with Crippen LogP contribution in [0.15, 0.2) is 18.2 Å².